The quantitative estimate of drug-likeness (QED) is 0.774. The van der Waals surface area contributed by atoms with Crippen molar-refractivity contribution in [2.75, 3.05) is 6.54 Å². The van der Waals surface area contributed by atoms with Crippen LogP contribution in [0.4, 0.5) is 0 Å². The minimum Gasteiger partial charge on any atom is -0.480 e. The third kappa shape index (κ3) is 4.29. The molecule has 0 bridgehead atoms. The first-order chi connectivity index (χ1) is 8.41. The third-order valence-corrected chi connectivity index (χ3v) is 3.52. The van der Waals surface area contributed by atoms with Gasteiger partial charge in [-0.2, -0.15) is 0 Å². The number of carbonyl (C=O) groups excluding carboxylic acids is 1. The number of carboxylic acids is 1. The molecule has 0 saturated carbocycles. The molecule has 3 N–H and O–H groups in total. The van der Waals surface area contributed by atoms with Crippen molar-refractivity contribution in [1.29, 1.82) is 0 Å². The predicted octanol–water partition coefficient (Wildman–Crippen LogP) is 1.22. The van der Waals surface area contributed by atoms with E-state index in [0.717, 1.165) is 19.3 Å². The first-order valence-electron chi connectivity index (χ1n) is 6.69. The number of nitrogens with two attached hydrogens (primary N) is 1. The monoisotopic (exact) mass is 256 g/mol. The van der Waals surface area contributed by atoms with Gasteiger partial charge in [0.05, 0.1) is 0 Å². The number of amides is 1. The molecule has 1 heterocycles. The number of carboxylic acid groups (broad SMARTS) is 1. The lowest BCUT2D eigenvalue weighted by Crippen LogP contribution is -2.49. The van der Waals surface area contributed by atoms with Crippen molar-refractivity contribution >= 4 is 11.9 Å². The molecule has 1 rings (SSSR count). The molecule has 104 valence electrons. The normalized spacial score (nSPS) is 25.8. The van der Waals surface area contributed by atoms with Crippen molar-refractivity contribution in [3.8, 4) is 0 Å². The zero-order valence-electron chi connectivity index (χ0n) is 11.3. The Hall–Kier alpha value is -1.10. The van der Waals surface area contributed by atoms with Gasteiger partial charge in [-0.25, -0.2) is 4.79 Å². The molecule has 0 aliphatic carbocycles. The van der Waals surface area contributed by atoms with Gasteiger partial charge in [0.15, 0.2) is 0 Å². The van der Waals surface area contributed by atoms with E-state index in [0.29, 0.717) is 25.3 Å². The highest BCUT2D eigenvalue weighted by Gasteiger charge is 2.34. The van der Waals surface area contributed by atoms with Crippen LogP contribution in [0.15, 0.2) is 0 Å². The average molecular weight is 256 g/mol. The van der Waals surface area contributed by atoms with Crippen LogP contribution < -0.4 is 5.73 Å². The smallest absolute Gasteiger partial charge is 0.326 e. The maximum absolute atomic E-state index is 12.0. The Labute approximate surface area is 108 Å². The molecular weight excluding hydrogens is 232 g/mol. The predicted molar refractivity (Wildman–Crippen MR) is 69.0 cm³/mol. The van der Waals surface area contributed by atoms with E-state index in [1.807, 2.05) is 13.8 Å². The molecule has 18 heavy (non-hydrogen) atoms. The van der Waals surface area contributed by atoms with Gasteiger partial charge in [0.25, 0.3) is 0 Å². The third-order valence-electron chi connectivity index (χ3n) is 3.52. The molecule has 1 aliphatic heterocycles. The number of nitrogens with zero attached hydrogens (tertiary/aromatic N) is 1. The van der Waals surface area contributed by atoms with Crippen LogP contribution in [0.2, 0.25) is 0 Å². The maximum Gasteiger partial charge on any atom is 0.326 e. The van der Waals surface area contributed by atoms with Gasteiger partial charge in [-0.05, 0) is 38.5 Å². The van der Waals surface area contributed by atoms with Crippen molar-refractivity contribution in [2.45, 2.75) is 58.0 Å². The molecule has 0 spiro atoms. The summed E-state index contributed by atoms with van der Waals surface area (Å²) in [6.45, 7) is 4.51. The lowest BCUT2D eigenvalue weighted by Gasteiger charge is -2.36. The largest absolute Gasteiger partial charge is 0.480 e. The van der Waals surface area contributed by atoms with Crippen molar-refractivity contribution in [3.05, 3.63) is 0 Å². The van der Waals surface area contributed by atoms with Gasteiger partial charge < -0.3 is 15.7 Å². The summed E-state index contributed by atoms with van der Waals surface area (Å²) in [5.41, 5.74) is 5.63. The highest BCUT2D eigenvalue weighted by molar-refractivity contribution is 5.83. The topological polar surface area (TPSA) is 83.6 Å². The van der Waals surface area contributed by atoms with Crippen LogP contribution in [0.1, 0.15) is 46.0 Å². The fraction of sp³-hybridized carbons (Fsp3) is 0.846. The zero-order valence-corrected chi connectivity index (χ0v) is 11.3. The molecule has 1 saturated heterocycles. The van der Waals surface area contributed by atoms with E-state index in [1.165, 1.54) is 4.90 Å². The molecule has 1 fully saturated rings. The summed E-state index contributed by atoms with van der Waals surface area (Å²) in [7, 11) is 0. The summed E-state index contributed by atoms with van der Waals surface area (Å²) in [5, 5.41) is 9.18. The standard InChI is InChI=1S/C13H24N2O3/c1-9-6-7-15(11(8-9)13(17)18)12(16)5-3-4-10(2)14/h9-11H,3-8,14H2,1-2H3,(H,17,18). The van der Waals surface area contributed by atoms with E-state index in [2.05, 4.69) is 0 Å². The minimum atomic E-state index is -0.887. The van der Waals surface area contributed by atoms with Crippen LogP contribution in [-0.4, -0.2) is 40.5 Å². The number of hydrogen-bond donors (Lipinski definition) is 2. The fourth-order valence-corrected chi connectivity index (χ4v) is 2.39. The lowest BCUT2D eigenvalue weighted by atomic mass is 9.92. The Morgan fingerprint density at radius 2 is 2.17 bits per heavy atom. The second-order valence-corrected chi connectivity index (χ2v) is 5.44. The lowest BCUT2D eigenvalue weighted by molar-refractivity contribution is -0.153. The van der Waals surface area contributed by atoms with Gasteiger partial charge in [-0.3, -0.25) is 4.79 Å². The molecule has 0 aromatic rings. The SMILES string of the molecule is CC(N)CCCC(=O)N1CCC(C)CC1C(=O)O. The molecule has 3 atom stereocenters. The second-order valence-electron chi connectivity index (χ2n) is 5.44. The van der Waals surface area contributed by atoms with E-state index in [4.69, 9.17) is 5.73 Å². The van der Waals surface area contributed by atoms with Gasteiger partial charge in [-0.1, -0.05) is 6.92 Å². The van der Waals surface area contributed by atoms with Crippen LogP contribution in [-0.2, 0) is 9.59 Å². The zero-order chi connectivity index (χ0) is 13.7. The first kappa shape index (κ1) is 15.0. The van der Waals surface area contributed by atoms with Gasteiger partial charge in [0, 0.05) is 19.0 Å². The number of aliphatic carboxylic acids is 1. The molecule has 1 aliphatic rings. The fourth-order valence-electron chi connectivity index (χ4n) is 2.39. The Bertz CT molecular complexity index is 305. The minimum absolute atomic E-state index is 0.0463. The Morgan fingerprint density at radius 1 is 1.50 bits per heavy atom. The summed E-state index contributed by atoms with van der Waals surface area (Å²) >= 11 is 0. The summed E-state index contributed by atoms with van der Waals surface area (Å²) < 4.78 is 0. The molecule has 5 nitrogen and oxygen atoms in total. The number of hydrogen-bond acceptors (Lipinski definition) is 3. The van der Waals surface area contributed by atoms with E-state index < -0.39 is 12.0 Å². The summed E-state index contributed by atoms with van der Waals surface area (Å²) in [4.78, 5) is 24.7. The molecule has 3 unspecified atom stereocenters. The van der Waals surface area contributed by atoms with Crippen LogP contribution >= 0.6 is 0 Å². The summed E-state index contributed by atoms with van der Waals surface area (Å²) in [6.07, 6.45) is 3.39. The van der Waals surface area contributed by atoms with Crippen molar-refractivity contribution in [2.24, 2.45) is 11.7 Å². The van der Waals surface area contributed by atoms with Crippen LogP contribution in [0, 0.1) is 5.92 Å². The van der Waals surface area contributed by atoms with Crippen molar-refractivity contribution in [1.82, 2.24) is 4.90 Å². The Kier molecular flexibility index (Phi) is 5.59. The Morgan fingerprint density at radius 3 is 2.72 bits per heavy atom. The Balaban J connectivity index is 2.51. The van der Waals surface area contributed by atoms with Crippen LogP contribution in [0.25, 0.3) is 0 Å². The number of likely N-dealkylation sites (tertiary alicyclic amines) is 1. The molecule has 5 heteroatoms. The van der Waals surface area contributed by atoms with E-state index >= 15 is 0 Å². The first-order valence-corrected chi connectivity index (χ1v) is 6.69. The highest BCUT2D eigenvalue weighted by Crippen LogP contribution is 2.23. The summed E-state index contributed by atoms with van der Waals surface area (Å²) in [5.74, 6) is -0.559. The van der Waals surface area contributed by atoms with E-state index in [1.54, 1.807) is 0 Å². The van der Waals surface area contributed by atoms with Gasteiger partial charge in [0.1, 0.15) is 6.04 Å². The van der Waals surface area contributed by atoms with E-state index in [-0.39, 0.29) is 11.9 Å². The van der Waals surface area contributed by atoms with Gasteiger partial charge in [-0.15, -0.1) is 0 Å². The summed E-state index contributed by atoms with van der Waals surface area (Å²) in [6, 6.07) is -0.550. The van der Waals surface area contributed by atoms with Gasteiger partial charge >= 0.3 is 5.97 Å². The molecule has 0 aromatic carbocycles. The number of carbonyl (C=O) groups is 2. The maximum atomic E-state index is 12.0. The average Bonchev–Trinajstić information content (AvgIpc) is 2.28. The molecule has 0 aromatic heterocycles. The van der Waals surface area contributed by atoms with Crippen LogP contribution in [0.5, 0.6) is 0 Å². The van der Waals surface area contributed by atoms with Crippen molar-refractivity contribution < 1.29 is 14.7 Å². The molecule has 0 radical (unpaired) electrons. The molecular formula is C13H24N2O3. The second kappa shape index (κ2) is 6.73. The highest BCUT2D eigenvalue weighted by atomic mass is 16.4. The number of piperidine rings is 1. The van der Waals surface area contributed by atoms with Crippen molar-refractivity contribution in [3.63, 3.8) is 0 Å². The van der Waals surface area contributed by atoms with E-state index in [9.17, 15) is 14.7 Å². The molecule has 1 amide bonds. The number of rotatable bonds is 5. The van der Waals surface area contributed by atoms with Gasteiger partial charge in [0.2, 0.25) is 5.91 Å². The van der Waals surface area contributed by atoms with Crippen LogP contribution in [0.3, 0.4) is 0 Å².